The molecule has 4 aromatic carbocycles. The number of hydrogen-bond acceptors (Lipinski definition) is 4. The lowest BCUT2D eigenvalue weighted by Gasteiger charge is -2.10. The molecule has 2 heterocycles. The molecule has 6 aromatic rings. The number of fused-ring (bicyclic) bond motifs is 6. The maximum atomic E-state index is 14.4. The van der Waals surface area contributed by atoms with Crippen molar-refractivity contribution < 1.29 is 8.42 Å². The minimum atomic E-state index is -3.86. The van der Waals surface area contributed by atoms with Crippen molar-refractivity contribution in [3.05, 3.63) is 78.6 Å². The van der Waals surface area contributed by atoms with E-state index in [2.05, 4.69) is 63.7 Å². The first-order valence-electron chi connectivity index (χ1n) is 9.61. The summed E-state index contributed by atoms with van der Waals surface area (Å²) in [7, 11) is -3.86. The summed E-state index contributed by atoms with van der Waals surface area (Å²) in [6.45, 7) is 0. The van der Waals surface area contributed by atoms with Gasteiger partial charge in [-0.15, -0.1) is 22.7 Å². The first-order chi connectivity index (χ1) is 15.8. The van der Waals surface area contributed by atoms with Crippen LogP contribution in [0.2, 0.25) is 0 Å². The fourth-order valence-electron chi connectivity index (χ4n) is 4.19. The molecule has 0 aliphatic carbocycles. The van der Waals surface area contributed by atoms with Crippen molar-refractivity contribution >= 4 is 137 Å². The Hall–Kier alpha value is -0.810. The lowest BCUT2D eigenvalue weighted by molar-refractivity contribution is 0.598. The van der Waals surface area contributed by atoms with Gasteiger partial charge in [-0.05, 0) is 68.3 Å². The van der Waals surface area contributed by atoms with E-state index in [0.29, 0.717) is 9.79 Å². The van der Waals surface area contributed by atoms with Crippen molar-refractivity contribution in [3.8, 4) is 0 Å². The fraction of sp³-hybridized carbons (Fsp3) is 0. The van der Waals surface area contributed by atoms with Crippen LogP contribution in [0.25, 0.3) is 40.3 Å². The van der Waals surface area contributed by atoms with Gasteiger partial charge in [0, 0.05) is 58.2 Å². The minimum Gasteiger partial charge on any atom is -0.218 e. The van der Waals surface area contributed by atoms with E-state index in [1.165, 1.54) is 0 Å². The molecule has 0 spiro atoms. The van der Waals surface area contributed by atoms with E-state index in [9.17, 15) is 8.42 Å². The summed E-state index contributed by atoms with van der Waals surface area (Å²) in [6, 6.07) is 19.2. The van der Waals surface area contributed by atoms with Crippen molar-refractivity contribution in [2.45, 2.75) is 9.79 Å². The van der Waals surface area contributed by atoms with Gasteiger partial charge < -0.3 is 0 Å². The van der Waals surface area contributed by atoms with Crippen LogP contribution in [-0.4, -0.2) is 8.42 Å². The quantitative estimate of drug-likeness (QED) is 0.177. The molecule has 2 nitrogen and oxygen atoms in total. The van der Waals surface area contributed by atoms with Crippen LogP contribution in [0.5, 0.6) is 0 Å². The third kappa shape index (κ3) is 3.50. The summed E-state index contributed by atoms with van der Waals surface area (Å²) < 4.78 is 36.0. The molecular formula is C24H10Br4O2S3. The predicted molar refractivity (Wildman–Crippen MR) is 155 cm³/mol. The van der Waals surface area contributed by atoms with Crippen LogP contribution in [0.15, 0.2) is 88.3 Å². The molecule has 33 heavy (non-hydrogen) atoms. The summed E-state index contributed by atoms with van der Waals surface area (Å²) in [6.07, 6.45) is 0. The van der Waals surface area contributed by atoms with Gasteiger partial charge in [0.25, 0.3) is 0 Å². The Morgan fingerprint density at radius 1 is 0.606 bits per heavy atom. The number of sulfone groups is 1. The Labute approximate surface area is 231 Å². The number of hydrogen-bond donors (Lipinski definition) is 0. The van der Waals surface area contributed by atoms with E-state index in [4.69, 9.17) is 0 Å². The van der Waals surface area contributed by atoms with Crippen molar-refractivity contribution in [1.82, 2.24) is 0 Å². The molecule has 2 aromatic heterocycles. The van der Waals surface area contributed by atoms with Crippen LogP contribution in [0.1, 0.15) is 0 Å². The molecule has 0 radical (unpaired) electrons. The highest BCUT2D eigenvalue weighted by atomic mass is 79.9. The van der Waals surface area contributed by atoms with Crippen molar-refractivity contribution in [2.24, 2.45) is 0 Å². The van der Waals surface area contributed by atoms with Crippen molar-refractivity contribution in [1.29, 1.82) is 0 Å². The zero-order chi connectivity index (χ0) is 23.1. The molecule has 0 aliphatic heterocycles. The Balaban J connectivity index is 1.78. The molecule has 0 N–H and O–H groups in total. The maximum Gasteiger partial charge on any atom is 0.208 e. The third-order valence-electron chi connectivity index (χ3n) is 5.54. The number of benzene rings is 4. The number of rotatable bonds is 2. The third-order valence-corrected chi connectivity index (χ3v) is 12.5. The second kappa shape index (κ2) is 8.11. The van der Waals surface area contributed by atoms with Gasteiger partial charge in [0.2, 0.25) is 9.84 Å². The lowest BCUT2D eigenvalue weighted by Crippen LogP contribution is -2.03. The van der Waals surface area contributed by atoms with Crippen LogP contribution >= 0.6 is 86.4 Å². The SMILES string of the molecule is O=S(=O)(c1cc(Br)cc2sc3c(Br)cccc3c12)c1cc(Br)cc2sc3c(Br)cccc3c12. The fourth-order valence-corrected chi connectivity index (χ4v) is 11.2. The van der Waals surface area contributed by atoms with Gasteiger partial charge >= 0.3 is 0 Å². The molecule has 0 amide bonds. The first kappa shape index (κ1) is 22.6. The van der Waals surface area contributed by atoms with Crippen LogP contribution in [0, 0.1) is 0 Å². The molecule has 0 saturated carbocycles. The average molecular weight is 746 g/mol. The molecule has 164 valence electrons. The summed E-state index contributed by atoms with van der Waals surface area (Å²) in [5, 5.41) is 3.38. The van der Waals surface area contributed by atoms with Crippen molar-refractivity contribution in [2.75, 3.05) is 0 Å². The summed E-state index contributed by atoms with van der Waals surface area (Å²) in [5.74, 6) is 0. The molecule has 6 rings (SSSR count). The predicted octanol–water partition coefficient (Wildman–Crippen LogP) is 10.3. The van der Waals surface area contributed by atoms with Gasteiger partial charge in [-0.1, -0.05) is 56.1 Å². The summed E-state index contributed by atoms with van der Waals surface area (Å²) in [4.78, 5) is 0.620. The average Bonchev–Trinajstić information content (AvgIpc) is 3.32. The molecule has 0 unspecified atom stereocenters. The van der Waals surface area contributed by atoms with Crippen LogP contribution in [-0.2, 0) is 9.84 Å². The molecule has 0 aliphatic rings. The Morgan fingerprint density at radius 3 is 1.45 bits per heavy atom. The highest BCUT2D eigenvalue weighted by Crippen LogP contribution is 2.47. The monoisotopic (exact) mass is 742 g/mol. The normalized spacial score (nSPS) is 12.5. The molecule has 0 saturated heterocycles. The first-order valence-corrected chi connectivity index (χ1v) is 15.9. The smallest absolute Gasteiger partial charge is 0.208 e. The van der Waals surface area contributed by atoms with E-state index in [-0.39, 0.29) is 0 Å². The molecular weight excluding hydrogens is 736 g/mol. The molecule has 0 fully saturated rings. The summed E-state index contributed by atoms with van der Waals surface area (Å²) >= 11 is 17.5. The lowest BCUT2D eigenvalue weighted by atomic mass is 10.1. The highest BCUT2D eigenvalue weighted by Gasteiger charge is 2.28. The zero-order valence-corrected chi connectivity index (χ0v) is 25.1. The van der Waals surface area contributed by atoms with Crippen LogP contribution in [0.3, 0.4) is 0 Å². The topological polar surface area (TPSA) is 34.1 Å². The van der Waals surface area contributed by atoms with E-state index in [1.807, 2.05) is 48.5 Å². The Kier molecular flexibility index (Phi) is 5.57. The molecule has 0 bridgehead atoms. The van der Waals surface area contributed by atoms with Gasteiger partial charge in [0.05, 0.1) is 9.79 Å². The van der Waals surface area contributed by atoms with Gasteiger partial charge in [-0.25, -0.2) is 8.42 Å². The van der Waals surface area contributed by atoms with Crippen LogP contribution in [0.4, 0.5) is 0 Å². The highest BCUT2D eigenvalue weighted by molar-refractivity contribution is 9.11. The van der Waals surface area contributed by atoms with E-state index < -0.39 is 9.84 Å². The van der Waals surface area contributed by atoms with Gasteiger partial charge in [-0.2, -0.15) is 0 Å². The van der Waals surface area contributed by atoms with Gasteiger partial charge in [-0.3, -0.25) is 0 Å². The second-order valence-corrected chi connectivity index (χ2v) is 15.0. The van der Waals surface area contributed by atoms with Crippen molar-refractivity contribution in [3.63, 3.8) is 0 Å². The van der Waals surface area contributed by atoms with Gasteiger partial charge in [0.15, 0.2) is 0 Å². The van der Waals surface area contributed by atoms with E-state index in [1.54, 1.807) is 34.8 Å². The Morgan fingerprint density at radius 2 is 1.03 bits per heavy atom. The summed E-state index contributed by atoms with van der Waals surface area (Å²) in [5.41, 5.74) is 0. The largest absolute Gasteiger partial charge is 0.218 e. The molecule has 0 atom stereocenters. The minimum absolute atomic E-state index is 0.310. The Bertz CT molecular complexity index is 1750. The maximum absolute atomic E-state index is 14.4. The standard InChI is InChI=1S/C24H10Br4O2S3/c25-11-7-17-21(13-3-1-5-15(27)23(13)31-17)19(9-11)33(29,30)20-10-12(26)8-18-22(20)14-4-2-6-16(28)24(14)32-18/h1-10H. The van der Waals surface area contributed by atoms with Crippen LogP contribution < -0.4 is 0 Å². The second-order valence-electron chi connectivity index (χ2n) is 7.49. The van der Waals surface area contributed by atoms with Gasteiger partial charge in [0.1, 0.15) is 0 Å². The number of halogens is 4. The number of thiophene rings is 2. The van der Waals surface area contributed by atoms with E-state index in [0.717, 1.165) is 58.2 Å². The zero-order valence-electron chi connectivity index (χ0n) is 16.3. The van der Waals surface area contributed by atoms with E-state index >= 15 is 0 Å². The molecule has 9 heteroatoms.